The third-order valence-corrected chi connectivity index (χ3v) is 12.2. The second kappa shape index (κ2) is 14.2. The number of aromatic nitrogens is 4. The molecule has 0 aliphatic carbocycles. The van der Waals surface area contributed by atoms with Crippen LogP contribution in [-0.2, 0) is 56.3 Å². The van der Waals surface area contributed by atoms with Gasteiger partial charge in [-0.1, -0.05) is 12.2 Å². The molecule has 49 heavy (non-hydrogen) atoms. The molecule has 7 atom stereocenters. The topological polar surface area (TPSA) is 320 Å². The van der Waals surface area contributed by atoms with Crippen LogP contribution in [-0.4, -0.2) is 89.3 Å². The van der Waals surface area contributed by atoms with Gasteiger partial charge in [-0.2, -0.15) is 21.3 Å². The van der Waals surface area contributed by atoms with Crippen molar-refractivity contribution in [3.63, 3.8) is 0 Å². The summed E-state index contributed by atoms with van der Waals surface area (Å²) in [5, 5.41) is 2.44. The number of imidazole rings is 1. The highest BCUT2D eigenvalue weighted by Gasteiger charge is 2.56. The normalized spacial score (nSPS) is 24.6. The van der Waals surface area contributed by atoms with Crippen LogP contribution in [0, 0.1) is 11.2 Å². The Bertz CT molecular complexity index is 2060. The maximum Gasteiger partial charge on any atom is 0.490 e. The monoisotopic (exact) mass is 805 g/mol. The lowest BCUT2D eigenvalue weighted by atomic mass is 10.1. The van der Waals surface area contributed by atoms with E-state index in [9.17, 15) is 33.1 Å². The quantitative estimate of drug-likeness (QED) is 0.0426. The van der Waals surface area contributed by atoms with Crippen molar-refractivity contribution in [2.75, 3.05) is 24.8 Å². The number of phosphoric ester groups is 1. The lowest BCUT2D eigenvalue weighted by Crippen LogP contribution is -2.34. The first-order valence-corrected chi connectivity index (χ1v) is 19.2. The van der Waals surface area contributed by atoms with Crippen LogP contribution in [0.2, 0.25) is 0 Å². The highest BCUT2D eigenvalue weighted by molar-refractivity contribution is 7.79. The van der Waals surface area contributed by atoms with Crippen molar-refractivity contribution in [1.29, 1.82) is 0 Å². The van der Waals surface area contributed by atoms with Crippen LogP contribution in [0.4, 0.5) is 17.3 Å². The minimum Gasteiger partial charge on any atom is -0.465 e. The summed E-state index contributed by atoms with van der Waals surface area (Å²) < 4.78 is 71.1. The summed E-state index contributed by atoms with van der Waals surface area (Å²) in [6.45, 7) is 6.58. The molecule has 2 fully saturated rings. The third kappa shape index (κ3) is 8.13. The molecule has 0 radical (unpaired) electrons. The number of carbonyl (C=O) groups excluding carboxylic acids is 2. The number of fused-ring (bicyclic) bond motifs is 2. The smallest absolute Gasteiger partial charge is 0.465 e. The van der Waals surface area contributed by atoms with Gasteiger partial charge in [-0.05, 0) is 0 Å². The van der Waals surface area contributed by atoms with E-state index in [-0.39, 0.29) is 43.8 Å². The number of thiophene rings is 1. The number of esters is 1. The molecule has 0 aromatic carbocycles. The number of amides is 1. The van der Waals surface area contributed by atoms with Gasteiger partial charge in [-0.15, -0.1) is 11.3 Å². The van der Waals surface area contributed by atoms with E-state index in [4.69, 9.17) is 57.8 Å². The zero-order chi connectivity index (χ0) is 36.1. The summed E-state index contributed by atoms with van der Waals surface area (Å²) in [6.07, 6.45) is -5.77. The number of nitrogens with one attached hydrogen (secondary N) is 2. The van der Waals surface area contributed by atoms with Gasteiger partial charge in [0.15, 0.2) is 16.8 Å². The molecule has 0 bridgehead atoms. The largest absolute Gasteiger partial charge is 0.490 e. The molecule has 8 N–H and O–H groups in total. The molecule has 1 amide bonds. The number of nitrogens with two attached hydrogens (primary N) is 1. The summed E-state index contributed by atoms with van der Waals surface area (Å²) >= 11 is 10.2. The fourth-order valence-electron chi connectivity index (χ4n) is 4.66. The highest BCUT2D eigenvalue weighted by atomic mass is 32.1. The van der Waals surface area contributed by atoms with Crippen molar-refractivity contribution in [2.24, 2.45) is 0 Å². The van der Waals surface area contributed by atoms with Crippen LogP contribution >= 0.6 is 59.7 Å². The second-order valence-electron chi connectivity index (χ2n) is 9.59. The molecule has 3 aromatic rings. The summed E-state index contributed by atoms with van der Waals surface area (Å²) in [5.74, 6) is -1.89. The van der Waals surface area contributed by atoms with E-state index < -0.39 is 72.8 Å². The molecule has 5 rings (SSSR count). The number of methoxy groups -OCH3 is 1. The van der Waals surface area contributed by atoms with Crippen molar-refractivity contribution in [3.8, 4) is 0 Å². The lowest BCUT2D eigenvalue weighted by Gasteiger charge is -2.22. The van der Waals surface area contributed by atoms with E-state index in [1.165, 1.54) is 10.9 Å². The van der Waals surface area contributed by atoms with Crippen molar-refractivity contribution < 1.29 is 75.0 Å². The third-order valence-electron chi connectivity index (χ3n) is 6.45. The number of carbonyl (C=O) groups is 2. The number of nitrogen functional groups attached to an aromatic ring is 1. The molecule has 2 saturated heterocycles. The van der Waals surface area contributed by atoms with Crippen LogP contribution in [0.1, 0.15) is 20.8 Å². The van der Waals surface area contributed by atoms with E-state index >= 15 is 0 Å². The fraction of sp³-hybridized carbons (Fsp3) is 0.400. The standard InChI is InChI=1S/C20H22N7O16P3S3/c1-22-8-7(4-47)49-13(18(29)37-2)9(8)24-15(28)19-40-11-6(3-38-45(33,34)43-46(35,36)42-44(30,31)32)39-17(12(11)41-19)27-5-23-10-14(27)25-20(21)26-16(10)48/h5-6,11-12,17,19,47H,3-4H2,2H3,(H,24,28)(H,33,34)(H,35,36)(H2,30,31,32)(H3,21,25,26,48). The first-order chi connectivity index (χ1) is 22.9. The molecule has 5 heterocycles. The average Bonchev–Trinajstić information content (AvgIpc) is 3.75. The van der Waals surface area contributed by atoms with Gasteiger partial charge in [0.2, 0.25) is 12.0 Å². The molecule has 2 aliphatic rings. The second-order valence-corrected chi connectivity index (χ2v) is 15.8. The minimum absolute atomic E-state index is 0.0120. The van der Waals surface area contributed by atoms with Crippen molar-refractivity contribution >= 4 is 100 Å². The van der Waals surface area contributed by atoms with Crippen LogP contribution < -0.4 is 11.1 Å². The Hall–Kier alpha value is -2.66. The number of nitrogens with zero attached hydrogens (tertiary/aromatic N) is 4. The van der Waals surface area contributed by atoms with Gasteiger partial charge in [-0.3, -0.25) is 13.9 Å². The number of thiol groups is 1. The number of hydrogen-bond acceptors (Lipinski definition) is 18. The number of phosphoric acid groups is 3. The zero-order valence-electron chi connectivity index (χ0n) is 24.0. The Kier molecular flexibility index (Phi) is 10.9. The van der Waals surface area contributed by atoms with Gasteiger partial charge < -0.3 is 54.6 Å². The van der Waals surface area contributed by atoms with Gasteiger partial charge >= 0.3 is 29.4 Å². The Labute approximate surface area is 287 Å². The number of ether oxygens (including phenoxy) is 4. The van der Waals surface area contributed by atoms with Crippen molar-refractivity contribution in [3.05, 3.63) is 32.1 Å². The van der Waals surface area contributed by atoms with E-state index in [1.54, 1.807) is 0 Å². The van der Waals surface area contributed by atoms with Crippen LogP contribution in [0.3, 0.4) is 0 Å². The van der Waals surface area contributed by atoms with E-state index in [1.807, 2.05) is 0 Å². The van der Waals surface area contributed by atoms with E-state index in [0.717, 1.165) is 18.4 Å². The molecule has 7 unspecified atom stereocenters. The molecular formula is C20H22N7O16P3S3. The van der Waals surface area contributed by atoms with Crippen LogP contribution in [0.25, 0.3) is 16.0 Å². The maximum absolute atomic E-state index is 13.5. The zero-order valence-corrected chi connectivity index (χ0v) is 29.2. The summed E-state index contributed by atoms with van der Waals surface area (Å²) in [7, 11) is -16.0. The number of aromatic amines is 1. The molecule has 29 heteroatoms. The van der Waals surface area contributed by atoms with Crippen LogP contribution in [0.5, 0.6) is 0 Å². The minimum atomic E-state index is -5.84. The Balaban J connectivity index is 1.43. The molecule has 0 saturated carbocycles. The first kappa shape index (κ1) is 37.6. The molecule has 266 valence electrons. The predicted octanol–water partition coefficient (Wildman–Crippen LogP) is 1.89. The molecular weight excluding hydrogens is 783 g/mol. The van der Waals surface area contributed by atoms with Crippen LogP contribution in [0.15, 0.2) is 6.33 Å². The summed E-state index contributed by atoms with van der Waals surface area (Å²) in [6, 6.07) is 0. The highest BCUT2D eigenvalue weighted by Crippen LogP contribution is 2.66. The SMILES string of the molecule is [C-]#[N+]c1c(CS)sc(C(=O)OC)c1NC(=O)C1OC2C(COP(=O)(O)OP(=O)(O)OP(=O)(O)O)OC(n3cnc4c(=S)nc(N)[nH]c43)C2O1. The number of hydrogen-bond donors (Lipinski definition) is 8. The predicted molar refractivity (Wildman–Crippen MR) is 168 cm³/mol. The Morgan fingerprint density at radius 3 is 2.53 bits per heavy atom. The van der Waals surface area contributed by atoms with E-state index in [2.05, 4.69) is 46.4 Å². The van der Waals surface area contributed by atoms with E-state index in [0.29, 0.717) is 4.88 Å². The van der Waals surface area contributed by atoms with Gasteiger partial charge in [0.25, 0.3) is 5.91 Å². The Morgan fingerprint density at radius 2 is 1.90 bits per heavy atom. The van der Waals surface area contributed by atoms with Crippen molar-refractivity contribution in [1.82, 2.24) is 19.5 Å². The Morgan fingerprint density at radius 1 is 1.20 bits per heavy atom. The number of H-pyrrole nitrogens is 1. The molecule has 2 aliphatic heterocycles. The van der Waals surface area contributed by atoms with Gasteiger partial charge in [0, 0.05) is 10.6 Å². The molecule has 23 nitrogen and oxygen atoms in total. The first-order valence-electron chi connectivity index (χ1n) is 12.9. The summed E-state index contributed by atoms with van der Waals surface area (Å²) in [5.41, 5.74) is 5.90. The maximum atomic E-state index is 13.5. The number of rotatable bonds is 12. The number of anilines is 2. The van der Waals surface area contributed by atoms with Gasteiger partial charge in [0.1, 0.15) is 34.4 Å². The lowest BCUT2D eigenvalue weighted by molar-refractivity contribution is -0.166. The van der Waals surface area contributed by atoms with Gasteiger partial charge in [0.05, 0.1) is 32.3 Å². The average molecular weight is 806 g/mol. The fourth-order valence-corrected chi connectivity index (χ4v) is 9.26. The molecule has 0 spiro atoms. The molecule has 3 aromatic heterocycles. The van der Waals surface area contributed by atoms with Gasteiger partial charge in [-0.25, -0.2) is 33.3 Å². The summed E-state index contributed by atoms with van der Waals surface area (Å²) in [4.78, 5) is 77.4. The van der Waals surface area contributed by atoms with Crippen molar-refractivity contribution in [2.45, 2.75) is 36.6 Å².